The summed E-state index contributed by atoms with van der Waals surface area (Å²) in [6.07, 6.45) is 1.95. The van der Waals surface area contributed by atoms with Gasteiger partial charge in [-0.15, -0.1) is 0 Å². The highest BCUT2D eigenvalue weighted by molar-refractivity contribution is 7.99. The highest BCUT2D eigenvalue weighted by Gasteiger charge is 2.10. The van der Waals surface area contributed by atoms with Crippen molar-refractivity contribution in [3.8, 4) is 0 Å². The van der Waals surface area contributed by atoms with Gasteiger partial charge in [0.25, 0.3) is 5.91 Å². The second kappa shape index (κ2) is 5.18. The topological polar surface area (TPSA) is 32.7 Å². The largest absolute Gasteiger partial charge is 0.344 e. The molecule has 0 heterocycles. The number of amides is 1. The first-order valence-electron chi connectivity index (χ1n) is 3.29. The Morgan fingerprint density at radius 3 is 2.36 bits per heavy atom. The lowest BCUT2D eigenvalue weighted by Gasteiger charge is -2.10. The monoisotopic (exact) mass is 174 g/mol. The number of hydrogen-bond acceptors (Lipinski definition) is 3. The standard InChI is InChI=1S/C7H14N2OS/c1-8-6(5-11-4)7(10)9(2)3/h5H2,1-4H3. The van der Waals surface area contributed by atoms with Crippen LogP contribution in [0.5, 0.6) is 0 Å². The molecule has 0 aliphatic rings. The van der Waals surface area contributed by atoms with Gasteiger partial charge in [-0.2, -0.15) is 11.8 Å². The van der Waals surface area contributed by atoms with E-state index in [4.69, 9.17) is 0 Å². The molecule has 0 aliphatic carbocycles. The first-order valence-corrected chi connectivity index (χ1v) is 4.69. The number of aliphatic imine (C=N–C) groups is 1. The summed E-state index contributed by atoms with van der Waals surface area (Å²) < 4.78 is 0. The van der Waals surface area contributed by atoms with Crippen molar-refractivity contribution in [2.45, 2.75) is 0 Å². The second-order valence-corrected chi connectivity index (χ2v) is 3.17. The third-order valence-electron chi connectivity index (χ3n) is 1.20. The molecule has 0 aliphatic heterocycles. The van der Waals surface area contributed by atoms with Gasteiger partial charge in [0, 0.05) is 26.9 Å². The molecule has 0 aromatic carbocycles. The SMILES string of the molecule is CN=C(CSC)C(=O)N(C)C. The molecule has 1 amide bonds. The quantitative estimate of drug-likeness (QED) is 0.584. The highest BCUT2D eigenvalue weighted by atomic mass is 32.2. The minimum atomic E-state index is 0.00171. The Kier molecular flexibility index (Phi) is 4.94. The minimum Gasteiger partial charge on any atom is -0.344 e. The summed E-state index contributed by atoms with van der Waals surface area (Å²) in [6.45, 7) is 0. The van der Waals surface area contributed by atoms with Gasteiger partial charge in [0.2, 0.25) is 0 Å². The van der Waals surface area contributed by atoms with E-state index >= 15 is 0 Å². The van der Waals surface area contributed by atoms with Crippen LogP contribution in [0.15, 0.2) is 4.99 Å². The molecular weight excluding hydrogens is 160 g/mol. The van der Waals surface area contributed by atoms with E-state index < -0.39 is 0 Å². The molecule has 0 aromatic rings. The van der Waals surface area contributed by atoms with E-state index in [1.54, 1.807) is 37.8 Å². The molecule has 11 heavy (non-hydrogen) atoms. The second-order valence-electron chi connectivity index (χ2n) is 2.30. The van der Waals surface area contributed by atoms with Gasteiger partial charge in [0.15, 0.2) is 0 Å². The predicted octanol–water partition coefficient (Wildman–Crippen LogP) is 0.508. The van der Waals surface area contributed by atoms with Gasteiger partial charge in [-0.25, -0.2) is 0 Å². The van der Waals surface area contributed by atoms with Crippen LogP contribution in [0.4, 0.5) is 0 Å². The number of rotatable bonds is 3. The van der Waals surface area contributed by atoms with Crippen LogP contribution in [0.2, 0.25) is 0 Å². The Balaban J connectivity index is 4.16. The number of carbonyl (C=O) groups excluding carboxylic acids is 1. The summed E-state index contributed by atoms with van der Waals surface area (Å²) in [5.41, 5.74) is 0.627. The molecule has 0 rings (SSSR count). The molecule has 0 unspecified atom stereocenters. The third-order valence-corrected chi connectivity index (χ3v) is 1.77. The van der Waals surface area contributed by atoms with Crippen LogP contribution in [0.3, 0.4) is 0 Å². The number of hydrogen-bond donors (Lipinski definition) is 0. The molecule has 0 saturated carbocycles. The van der Waals surface area contributed by atoms with E-state index in [0.717, 1.165) is 0 Å². The summed E-state index contributed by atoms with van der Waals surface area (Å²) >= 11 is 1.60. The Morgan fingerprint density at radius 1 is 1.55 bits per heavy atom. The first kappa shape index (κ1) is 10.5. The van der Waals surface area contributed by atoms with E-state index in [1.807, 2.05) is 6.26 Å². The predicted molar refractivity (Wildman–Crippen MR) is 50.4 cm³/mol. The molecule has 64 valence electrons. The molecule has 3 nitrogen and oxygen atoms in total. The van der Waals surface area contributed by atoms with Gasteiger partial charge in [-0.3, -0.25) is 9.79 Å². The highest BCUT2D eigenvalue weighted by Crippen LogP contribution is 1.96. The van der Waals surface area contributed by atoms with Gasteiger partial charge in [0.05, 0.1) is 0 Å². The van der Waals surface area contributed by atoms with Gasteiger partial charge in [-0.1, -0.05) is 0 Å². The summed E-state index contributed by atoms with van der Waals surface area (Å²) in [7, 11) is 5.11. The van der Waals surface area contributed by atoms with Gasteiger partial charge in [-0.05, 0) is 6.26 Å². The Bertz CT molecular complexity index is 166. The molecule has 0 atom stereocenters. The van der Waals surface area contributed by atoms with Crippen LogP contribution in [0.25, 0.3) is 0 Å². The Morgan fingerprint density at radius 2 is 2.09 bits per heavy atom. The average Bonchev–Trinajstić information content (AvgIpc) is 1.98. The molecule has 0 fully saturated rings. The lowest BCUT2D eigenvalue weighted by molar-refractivity contribution is -0.121. The molecule has 0 saturated heterocycles. The van der Waals surface area contributed by atoms with Crippen LogP contribution in [0, 0.1) is 0 Å². The van der Waals surface area contributed by atoms with Crippen molar-refractivity contribution in [2.24, 2.45) is 4.99 Å². The number of nitrogens with zero attached hydrogens (tertiary/aromatic N) is 2. The summed E-state index contributed by atoms with van der Waals surface area (Å²) in [5.74, 6) is 0.690. The van der Waals surface area contributed by atoms with Crippen molar-refractivity contribution in [3.63, 3.8) is 0 Å². The maximum Gasteiger partial charge on any atom is 0.268 e. The fourth-order valence-electron chi connectivity index (χ4n) is 0.617. The lowest BCUT2D eigenvalue weighted by Crippen LogP contribution is -2.31. The summed E-state index contributed by atoms with van der Waals surface area (Å²) in [4.78, 5) is 16.7. The zero-order chi connectivity index (χ0) is 8.85. The van der Waals surface area contributed by atoms with Gasteiger partial charge >= 0.3 is 0 Å². The maximum absolute atomic E-state index is 11.2. The first-order chi connectivity index (χ1) is 5.13. The van der Waals surface area contributed by atoms with Crippen molar-refractivity contribution in [2.75, 3.05) is 33.2 Å². The van der Waals surface area contributed by atoms with Crippen LogP contribution >= 0.6 is 11.8 Å². The normalized spacial score (nSPS) is 11.5. The number of thioether (sulfide) groups is 1. The molecule has 4 heteroatoms. The van der Waals surface area contributed by atoms with Crippen molar-refractivity contribution in [1.82, 2.24) is 4.90 Å². The van der Waals surface area contributed by atoms with Crippen LogP contribution in [0.1, 0.15) is 0 Å². The van der Waals surface area contributed by atoms with Crippen LogP contribution in [-0.2, 0) is 4.79 Å². The average molecular weight is 174 g/mol. The Hall–Kier alpha value is -0.510. The van der Waals surface area contributed by atoms with Crippen molar-refractivity contribution < 1.29 is 4.79 Å². The van der Waals surface area contributed by atoms with E-state index in [-0.39, 0.29) is 5.91 Å². The van der Waals surface area contributed by atoms with Crippen LogP contribution in [-0.4, -0.2) is 49.7 Å². The molecule has 0 aromatic heterocycles. The van der Waals surface area contributed by atoms with E-state index in [0.29, 0.717) is 11.5 Å². The zero-order valence-electron chi connectivity index (χ0n) is 7.42. The third kappa shape index (κ3) is 3.41. The lowest BCUT2D eigenvalue weighted by atomic mass is 10.4. The van der Waals surface area contributed by atoms with Crippen molar-refractivity contribution in [1.29, 1.82) is 0 Å². The number of carbonyl (C=O) groups is 1. The smallest absolute Gasteiger partial charge is 0.268 e. The maximum atomic E-state index is 11.2. The summed E-state index contributed by atoms with van der Waals surface area (Å²) in [5, 5.41) is 0. The van der Waals surface area contributed by atoms with Crippen LogP contribution < -0.4 is 0 Å². The van der Waals surface area contributed by atoms with Crippen molar-refractivity contribution >= 4 is 23.4 Å². The fourth-order valence-corrected chi connectivity index (χ4v) is 1.14. The van der Waals surface area contributed by atoms with Crippen molar-refractivity contribution in [3.05, 3.63) is 0 Å². The Labute approximate surface area is 71.9 Å². The van der Waals surface area contributed by atoms with E-state index in [2.05, 4.69) is 4.99 Å². The van der Waals surface area contributed by atoms with E-state index in [9.17, 15) is 4.79 Å². The summed E-state index contributed by atoms with van der Waals surface area (Å²) in [6, 6.07) is 0. The molecular formula is C7H14N2OS. The zero-order valence-corrected chi connectivity index (χ0v) is 8.23. The minimum absolute atomic E-state index is 0.00171. The van der Waals surface area contributed by atoms with Gasteiger partial charge < -0.3 is 4.90 Å². The van der Waals surface area contributed by atoms with Gasteiger partial charge in [0.1, 0.15) is 5.71 Å². The molecule has 0 bridgehead atoms. The molecule has 0 spiro atoms. The fraction of sp³-hybridized carbons (Fsp3) is 0.714. The molecule has 0 N–H and O–H groups in total. The molecule has 0 radical (unpaired) electrons. The van der Waals surface area contributed by atoms with E-state index in [1.165, 1.54) is 0 Å².